The number of ether oxygens (including phenoxy) is 1. The first kappa shape index (κ1) is 30.7. The molecule has 0 saturated heterocycles. The average molecular weight is 511 g/mol. The van der Waals surface area contributed by atoms with Gasteiger partial charge in [0.1, 0.15) is 0 Å². The molecule has 37 heavy (non-hydrogen) atoms. The van der Waals surface area contributed by atoms with Crippen LogP contribution in [0, 0.1) is 16.2 Å². The third-order valence-corrected chi connectivity index (χ3v) is 7.30. The fourth-order valence-electron chi connectivity index (χ4n) is 4.85. The van der Waals surface area contributed by atoms with Crippen LogP contribution in [0.25, 0.3) is 0 Å². The molecule has 0 unspecified atom stereocenters. The molecule has 0 heterocycles. The first-order valence-corrected chi connectivity index (χ1v) is 13.3. The summed E-state index contributed by atoms with van der Waals surface area (Å²) in [4.78, 5) is 38.0. The number of carbonyl (C=O) groups excluding carboxylic acids is 2. The van der Waals surface area contributed by atoms with E-state index in [0.717, 1.165) is 18.4 Å². The summed E-state index contributed by atoms with van der Waals surface area (Å²) in [7, 11) is 1.71. The van der Waals surface area contributed by atoms with Crippen molar-refractivity contribution in [3.8, 4) is 0 Å². The molecule has 0 aromatic carbocycles. The number of carboxylic acid groups (broad SMARTS) is 1. The molecule has 2 aliphatic rings. The highest BCUT2D eigenvalue weighted by atomic mass is 16.5. The smallest absolute Gasteiger partial charge is 0.309 e. The molecule has 2 rings (SSSR count). The number of hydrogen-bond acceptors (Lipinski definition) is 4. The number of Topliss-reactive ketones (excluding diaryl/α,β-unsaturated/α-hetero) is 2. The molecule has 5 nitrogen and oxygen atoms in total. The lowest BCUT2D eigenvalue weighted by Crippen LogP contribution is -2.24. The van der Waals surface area contributed by atoms with Gasteiger partial charge in [-0.25, -0.2) is 0 Å². The van der Waals surface area contributed by atoms with Crippen LogP contribution in [0.5, 0.6) is 0 Å². The van der Waals surface area contributed by atoms with Crippen LogP contribution in [0.2, 0.25) is 0 Å². The Morgan fingerprint density at radius 2 is 1.22 bits per heavy atom. The normalized spacial score (nSPS) is 19.9. The SMILES string of the molecule is COC(C)(C)CCCC1=CC(C)(C)C=C(/C=C\C2=CC(C)(C)C=C(CCCC(C)(C)C(=O)O)C2=O)C1=O. The summed E-state index contributed by atoms with van der Waals surface area (Å²) in [5.74, 6) is -0.866. The molecule has 0 saturated carbocycles. The van der Waals surface area contributed by atoms with Crippen molar-refractivity contribution in [3.05, 3.63) is 58.7 Å². The number of carboxylic acids is 1. The van der Waals surface area contributed by atoms with Crippen LogP contribution in [-0.2, 0) is 19.1 Å². The summed E-state index contributed by atoms with van der Waals surface area (Å²) in [5.41, 5.74) is 1.09. The van der Waals surface area contributed by atoms with E-state index >= 15 is 0 Å². The Balaban J connectivity index is 2.16. The largest absolute Gasteiger partial charge is 0.481 e. The Kier molecular flexibility index (Phi) is 9.51. The first-order valence-electron chi connectivity index (χ1n) is 13.3. The lowest BCUT2D eigenvalue weighted by Gasteiger charge is -2.27. The molecule has 0 radical (unpaired) electrons. The summed E-state index contributed by atoms with van der Waals surface area (Å²) in [6.07, 6.45) is 15.6. The van der Waals surface area contributed by atoms with Crippen LogP contribution >= 0.6 is 0 Å². The quantitative estimate of drug-likeness (QED) is 0.297. The van der Waals surface area contributed by atoms with Gasteiger partial charge in [-0.1, -0.05) is 64.2 Å². The van der Waals surface area contributed by atoms with E-state index in [9.17, 15) is 19.5 Å². The summed E-state index contributed by atoms with van der Waals surface area (Å²) in [6, 6.07) is 0. The summed E-state index contributed by atoms with van der Waals surface area (Å²) >= 11 is 0. The van der Waals surface area contributed by atoms with Crippen molar-refractivity contribution in [1.82, 2.24) is 0 Å². The predicted molar refractivity (Wildman–Crippen MR) is 149 cm³/mol. The van der Waals surface area contributed by atoms with Gasteiger partial charge in [0.15, 0.2) is 11.6 Å². The molecule has 0 aromatic heterocycles. The standard InChI is InChI=1S/C32H46O5/c1-29(2)18-22(12-10-16-31(5,6)28(35)36)26(33)24(20-29)14-15-25-21-30(3,4)19-23(27(25)34)13-11-17-32(7,8)37-9/h14-15,18-21H,10-13,16-17H2,1-9H3,(H,35,36)/b15-14-. The molecule has 0 spiro atoms. The van der Waals surface area contributed by atoms with Gasteiger partial charge in [-0.15, -0.1) is 0 Å². The van der Waals surface area contributed by atoms with E-state index in [1.54, 1.807) is 33.1 Å². The second-order valence-corrected chi connectivity index (χ2v) is 13.0. The third-order valence-electron chi connectivity index (χ3n) is 7.30. The van der Waals surface area contributed by atoms with Crippen LogP contribution in [0.4, 0.5) is 0 Å². The maximum atomic E-state index is 13.3. The van der Waals surface area contributed by atoms with E-state index in [2.05, 4.69) is 19.9 Å². The number of rotatable bonds is 12. The number of allylic oxidation sites excluding steroid dienone is 10. The van der Waals surface area contributed by atoms with Gasteiger partial charge in [0, 0.05) is 29.1 Å². The summed E-state index contributed by atoms with van der Waals surface area (Å²) in [6.45, 7) is 15.8. The molecular weight excluding hydrogens is 464 g/mol. The van der Waals surface area contributed by atoms with Crippen LogP contribution in [-0.4, -0.2) is 35.4 Å². The number of hydrogen-bond donors (Lipinski definition) is 1. The Morgan fingerprint density at radius 1 is 0.811 bits per heavy atom. The van der Waals surface area contributed by atoms with E-state index in [0.29, 0.717) is 42.4 Å². The fourth-order valence-corrected chi connectivity index (χ4v) is 4.85. The van der Waals surface area contributed by atoms with Crippen LogP contribution in [0.3, 0.4) is 0 Å². The molecular formula is C32H46O5. The zero-order valence-electron chi connectivity index (χ0n) is 24.3. The Hall–Kier alpha value is -2.53. The number of ketones is 2. The minimum atomic E-state index is -0.829. The van der Waals surface area contributed by atoms with E-state index in [-0.39, 0.29) is 28.0 Å². The lowest BCUT2D eigenvalue weighted by atomic mass is 9.77. The van der Waals surface area contributed by atoms with Crippen molar-refractivity contribution in [2.75, 3.05) is 7.11 Å². The zero-order valence-corrected chi connectivity index (χ0v) is 24.3. The molecule has 2 aliphatic carbocycles. The third kappa shape index (κ3) is 8.77. The van der Waals surface area contributed by atoms with Crippen molar-refractivity contribution < 1.29 is 24.2 Å². The maximum Gasteiger partial charge on any atom is 0.309 e. The molecule has 0 atom stereocenters. The molecule has 0 aliphatic heterocycles. The molecule has 5 heteroatoms. The molecule has 0 amide bonds. The Labute approximate surface area is 223 Å². The fraction of sp³-hybridized carbons (Fsp3) is 0.594. The van der Waals surface area contributed by atoms with E-state index in [4.69, 9.17) is 4.74 Å². The van der Waals surface area contributed by atoms with E-state index in [1.807, 2.05) is 45.9 Å². The summed E-state index contributed by atoms with van der Waals surface area (Å²) < 4.78 is 5.51. The second-order valence-electron chi connectivity index (χ2n) is 13.0. The van der Waals surface area contributed by atoms with Gasteiger partial charge < -0.3 is 9.84 Å². The zero-order chi connectivity index (χ0) is 28.2. The maximum absolute atomic E-state index is 13.3. The number of methoxy groups -OCH3 is 1. The predicted octanol–water partition coefficient (Wildman–Crippen LogP) is 7.34. The Morgan fingerprint density at radius 3 is 1.59 bits per heavy atom. The minimum absolute atomic E-state index is 0.0144. The van der Waals surface area contributed by atoms with Crippen molar-refractivity contribution in [1.29, 1.82) is 0 Å². The topological polar surface area (TPSA) is 80.7 Å². The molecule has 0 aromatic rings. The molecule has 0 fully saturated rings. The van der Waals surface area contributed by atoms with Gasteiger partial charge in [0.25, 0.3) is 0 Å². The van der Waals surface area contributed by atoms with Crippen LogP contribution < -0.4 is 0 Å². The van der Waals surface area contributed by atoms with Gasteiger partial charge in [-0.3, -0.25) is 14.4 Å². The number of carbonyl (C=O) groups is 3. The Bertz CT molecular complexity index is 1070. The van der Waals surface area contributed by atoms with Crippen molar-refractivity contribution in [2.45, 2.75) is 99.5 Å². The first-order chi connectivity index (χ1) is 16.9. The average Bonchev–Trinajstić information content (AvgIpc) is 2.76. The monoisotopic (exact) mass is 510 g/mol. The van der Waals surface area contributed by atoms with E-state index < -0.39 is 11.4 Å². The van der Waals surface area contributed by atoms with Gasteiger partial charge in [-0.2, -0.15) is 0 Å². The second kappa shape index (κ2) is 11.5. The molecule has 0 bridgehead atoms. The van der Waals surface area contributed by atoms with Crippen LogP contribution in [0.1, 0.15) is 93.9 Å². The van der Waals surface area contributed by atoms with Gasteiger partial charge in [-0.05, 0) is 77.4 Å². The van der Waals surface area contributed by atoms with Gasteiger partial charge in [0.2, 0.25) is 0 Å². The molecule has 204 valence electrons. The van der Waals surface area contributed by atoms with Gasteiger partial charge >= 0.3 is 5.97 Å². The lowest BCUT2D eigenvalue weighted by molar-refractivity contribution is -0.147. The minimum Gasteiger partial charge on any atom is -0.481 e. The van der Waals surface area contributed by atoms with Crippen molar-refractivity contribution >= 4 is 17.5 Å². The van der Waals surface area contributed by atoms with Crippen molar-refractivity contribution in [3.63, 3.8) is 0 Å². The highest BCUT2D eigenvalue weighted by Gasteiger charge is 2.30. The van der Waals surface area contributed by atoms with Gasteiger partial charge in [0.05, 0.1) is 11.0 Å². The van der Waals surface area contributed by atoms with Crippen molar-refractivity contribution in [2.24, 2.45) is 16.2 Å². The highest BCUT2D eigenvalue weighted by molar-refractivity contribution is 6.13. The van der Waals surface area contributed by atoms with E-state index in [1.165, 1.54) is 0 Å². The number of aliphatic carboxylic acids is 1. The summed E-state index contributed by atoms with van der Waals surface area (Å²) in [5, 5.41) is 9.38. The highest BCUT2D eigenvalue weighted by Crippen LogP contribution is 2.36. The molecule has 1 N–H and O–H groups in total. The van der Waals surface area contributed by atoms with Crippen LogP contribution in [0.15, 0.2) is 58.7 Å².